The standard InChI is InChI=1S/C9H20N/c1-6-9(10,7(2)3)8(4)5/h7-8H,1,6,10H2,2-5H3. The Morgan fingerprint density at radius 2 is 1.50 bits per heavy atom. The summed E-state index contributed by atoms with van der Waals surface area (Å²) < 4.78 is 0. The second-order valence-electron chi connectivity index (χ2n) is 3.67. The molecular formula is C9H20N. The molecule has 0 bridgehead atoms. The van der Waals surface area contributed by atoms with Crippen molar-refractivity contribution in [1.29, 1.82) is 0 Å². The molecule has 0 aliphatic carbocycles. The third-order valence-corrected chi connectivity index (χ3v) is 2.58. The third kappa shape index (κ3) is 1.72. The van der Waals surface area contributed by atoms with E-state index in [4.69, 9.17) is 5.73 Å². The monoisotopic (exact) mass is 142 g/mol. The van der Waals surface area contributed by atoms with Crippen molar-refractivity contribution in [1.82, 2.24) is 0 Å². The second-order valence-corrected chi connectivity index (χ2v) is 3.67. The van der Waals surface area contributed by atoms with E-state index in [1.54, 1.807) is 0 Å². The lowest BCUT2D eigenvalue weighted by Gasteiger charge is -2.36. The Bertz CT molecular complexity index is 86.9. The number of hydrogen-bond donors (Lipinski definition) is 1. The molecule has 1 heteroatoms. The van der Waals surface area contributed by atoms with E-state index in [0.29, 0.717) is 11.8 Å². The Morgan fingerprint density at radius 1 is 1.20 bits per heavy atom. The number of rotatable bonds is 3. The van der Waals surface area contributed by atoms with Gasteiger partial charge in [0.25, 0.3) is 0 Å². The van der Waals surface area contributed by atoms with Gasteiger partial charge in [0.05, 0.1) is 0 Å². The van der Waals surface area contributed by atoms with Crippen LogP contribution in [-0.4, -0.2) is 5.54 Å². The minimum atomic E-state index is -0.0694. The fourth-order valence-corrected chi connectivity index (χ4v) is 1.24. The van der Waals surface area contributed by atoms with E-state index in [-0.39, 0.29) is 5.54 Å². The Kier molecular flexibility index (Phi) is 3.37. The molecule has 0 amide bonds. The van der Waals surface area contributed by atoms with Gasteiger partial charge < -0.3 is 5.73 Å². The van der Waals surface area contributed by atoms with Crippen LogP contribution < -0.4 is 5.73 Å². The van der Waals surface area contributed by atoms with Gasteiger partial charge in [-0.15, -0.1) is 0 Å². The van der Waals surface area contributed by atoms with Gasteiger partial charge in [-0.2, -0.15) is 0 Å². The molecule has 0 saturated carbocycles. The van der Waals surface area contributed by atoms with Gasteiger partial charge >= 0.3 is 0 Å². The molecule has 2 N–H and O–H groups in total. The average Bonchev–Trinajstić information content (AvgIpc) is 1.85. The van der Waals surface area contributed by atoms with E-state index in [2.05, 4.69) is 34.6 Å². The first-order chi connectivity index (χ1) is 4.45. The van der Waals surface area contributed by atoms with Gasteiger partial charge in [-0.3, -0.25) is 0 Å². The first kappa shape index (κ1) is 9.96. The Balaban J connectivity index is 4.23. The summed E-state index contributed by atoms with van der Waals surface area (Å²) in [6.45, 7) is 12.5. The molecule has 0 aromatic rings. The molecule has 61 valence electrons. The molecule has 1 nitrogen and oxygen atoms in total. The maximum absolute atomic E-state index is 6.12. The van der Waals surface area contributed by atoms with Gasteiger partial charge in [0, 0.05) is 5.54 Å². The van der Waals surface area contributed by atoms with Gasteiger partial charge in [-0.1, -0.05) is 34.6 Å². The van der Waals surface area contributed by atoms with E-state index in [1.165, 1.54) is 0 Å². The predicted molar refractivity (Wildman–Crippen MR) is 46.6 cm³/mol. The molecule has 0 aromatic carbocycles. The largest absolute Gasteiger partial charge is 0.325 e. The highest BCUT2D eigenvalue weighted by atomic mass is 14.8. The average molecular weight is 142 g/mol. The van der Waals surface area contributed by atoms with Crippen molar-refractivity contribution in [2.24, 2.45) is 17.6 Å². The van der Waals surface area contributed by atoms with Crippen LogP contribution in [0.2, 0.25) is 0 Å². The maximum atomic E-state index is 6.12. The van der Waals surface area contributed by atoms with Crippen molar-refractivity contribution in [3.05, 3.63) is 6.92 Å². The Labute approximate surface area is 65.0 Å². The van der Waals surface area contributed by atoms with Crippen molar-refractivity contribution in [3.8, 4) is 0 Å². The highest BCUT2D eigenvalue weighted by Gasteiger charge is 2.30. The van der Waals surface area contributed by atoms with Gasteiger partial charge in [-0.05, 0) is 18.3 Å². The minimum Gasteiger partial charge on any atom is -0.325 e. The van der Waals surface area contributed by atoms with Crippen LogP contribution in [0.15, 0.2) is 0 Å². The first-order valence-corrected chi connectivity index (χ1v) is 4.03. The Morgan fingerprint density at radius 3 is 1.50 bits per heavy atom. The molecule has 0 spiro atoms. The zero-order chi connectivity index (χ0) is 8.36. The number of hydrogen-bond acceptors (Lipinski definition) is 1. The van der Waals surface area contributed by atoms with E-state index < -0.39 is 0 Å². The predicted octanol–water partition coefficient (Wildman–Crippen LogP) is 2.22. The van der Waals surface area contributed by atoms with Crippen molar-refractivity contribution in [2.45, 2.75) is 39.7 Å². The van der Waals surface area contributed by atoms with Crippen molar-refractivity contribution >= 4 is 0 Å². The van der Waals surface area contributed by atoms with Gasteiger partial charge in [-0.25, -0.2) is 0 Å². The van der Waals surface area contributed by atoms with Crippen molar-refractivity contribution < 1.29 is 0 Å². The van der Waals surface area contributed by atoms with Crippen LogP contribution in [0.3, 0.4) is 0 Å². The quantitative estimate of drug-likeness (QED) is 0.642. The van der Waals surface area contributed by atoms with E-state index >= 15 is 0 Å². The smallest absolute Gasteiger partial charge is 0.0200 e. The molecule has 0 aliphatic rings. The van der Waals surface area contributed by atoms with Crippen LogP contribution in [0.5, 0.6) is 0 Å². The molecule has 0 heterocycles. The second kappa shape index (κ2) is 3.38. The molecule has 0 saturated heterocycles. The minimum absolute atomic E-state index is 0.0694. The summed E-state index contributed by atoms with van der Waals surface area (Å²) in [5.41, 5.74) is 6.05. The summed E-state index contributed by atoms with van der Waals surface area (Å²) >= 11 is 0. The van der Waals surface area contributed by atoms with Crippen LogP contribution in [-0.2, 0) is 0 Å². The SMILES string of the molecule is [CH2]CC(N)(C(C)C)C(C)C. The first-order valence-electron chi connectivity index (χ1n) is 4.03. The van der Waals surface area contributed by atoms with E-state index in [0.717, 1.165) is 6.42 Å². The van der Waals surface area contributed by atoms with Gasteiger partial charge in [0.2, 0.25) is 0 Å². The third-order valence-electron chi connectivity index (χ3n) is 2.58. The maximum Gasteiger partial charge on any atom is 0.0200 e. The molecular weight excluding hydrogens is 122 g/mol. The van der Waals surface area contributed by atoms with Gasteiger partial charge in [0.15, 0.2) is 0 Å². The summed E-state index contributed by atoms with van der Waals surface area (Å²) in [5.74, 6) is 1.04. The van der Waals surface area contributed by atoms with E-state index in [9.17, 15) is 0 Å². The lowest BCUT2D eigenvalue weighted by atomic mass is 9.76. The fourth-order valence-electron chi connectivity index (χ4n) is 1.24. The molecule has 1 radical (unpaired) electrons. The molecule has 0 aromatic heterocycles. The van der Waals surface area contributed by atoms with Crippen molar-refractivity contribution in [3.63, 3.8) is 0 Å². The summed E-state index contributed by atoms with van der Waals surface area (Å²) in [6.07, 6.45) is 0.822. The molecule has 10 heavy (non-hydrogen) atoms. The normalized spacial score (nSPS) is 13.2. The fraction of sp³-hybridized carbons (Fsp3) is 0.889. The molecule has 0 unspecified atom stereocenters. The van der Waals surface area contributed by atoms with E-state index in [1.807, 2.05) is 0 Å². The van der Waals surface area contributed by atoms with Crippen LogP contribution in [0.1, 0.15) is 34.1 Å². The molecule has 0 fully saturated rings. The molecule has 0 atom stereocenters. The molecule has 0 rings (SSSR count). The van der Waals surface area contributed by atoms with Crippen molar-refractivity contribution in [2.75, 3.05) is 0 Å². The lowest BCUT2D eigenvalue weighted by Crippen LogP contribution is -2.49. The Hall–Kier alpha value is -0.0400. The summed E-state index contributed by atoms with van der Waals surface area (Å²) in [7, 11) is 0. The molecule has 0 aliphatic heterocycles. The van der Waals surface area contributed by atoms with Crippen LogP contribution >= 0.6 is 0 Å². The lowest BCUT2D eigenvalue weighted by molar-refractivity contribution is 0.226. The van der Waals surface area contributed by atoms with Crippen LogP contribution in [0.4, 0.5) is 0 Å². The summed E-state index contributed by atoms with van der Waals surface area (Å²) in [5, 5.41) is 0. The van der Waals surface area contributed by atoms with Gasteiger partial charge in [0.1, 0.15) is 0 Å². The topological polar surface area (TPSA) is 26.0 Å². The van der Waals surface area contributed by atoms with Crippen LogP contribution in [0, 0.1) is 18.8 Å². The number of nitrogens with two attached hydrogens (primary N) is 1. The highest BCUT2D eigenvalue weighted by Crippen LogP contribution is 2.25. The van der Waals surface area contributed by atoms with Crippen LogP contribution in [0.25, 0.3) is 0 Å². The highest BCUT2D eigenvalue weighted by molar-refractivity contribution is 4.90. The zero-order valence-electron chi connectivity index (χ0n) is 7.65. The zero-order valence-corrected chi connectivity index (χ0v) is 7.65. The summed E-state index contributed by atoms with van der Waals surface area (Å²) in [6, 6.07) is 0. The summed E-state index contributed by atoms with van der Waals surface area (Å²) in [4.78, 5) is 0.